The number of carbonyl (C=O) groups excluding carboxylic acids is 1. The first-order valence-corrected chi connectivity index (χ1v) is 11.4. The van der Waals surface area contributed by atoms with Gasteiger partial charge in [0, 0.05) is 17.6 Å². The molecule has 32 heavy (non-hydrogen) atoms. The van der Waals surface area contributed by atoms with Crippen molar-refractivity contribution < 1.29 is 13.6 Å². The Morgan fingerprint density at radius 2 is 2.03 bits per heavy atom. The van der Waals surface area contributed by atoms with Crippen LogP contribution >= 0.6 is 11.3 Å². The van der Waals surface area contributed by atoms with Crippen LogP contribution in [-0.4, -0.2) is 21.9 Å². The maximum atomic E-state index is 14.5. The highest BCUT2D eigenvalue weighted by Crippen LogP contribution is 2.44. The lowest BCUT2D eigenvalue weighted by Crippen LogP contribution is -2.36. The average Bonchev–Trinajstić information content (AvgIpc) is 3.20. The minimum atomic E-state index is -0.708. The molecule has 2 atom stereocenters. The van der Waals surface area contributed by atoms with Crippen molar-refractivity contribution in [1.82, 2.24) is 9.97 Å². The minimum Gasteiger partial charge on any atom is -0.328 e. The summed E-state index contributed by atoms with van der Waals surface area (Å²) in [6.07, 6.45) is 6.09. The zero-order chi connectivity index (χ0) is 23.0. The second-order valence-corrected chi connectivity index (χ2v) is 10.1. The van der Waals surface area contributed by atoms with Crippen LogP contribution in [0.25, 0.3) is 10.6 Å². The number of thiazole rings is 1. The highest BCUT2D eigenvalue weighted by atomic mass is 32.1. The van der Waals surface area contributed by atoms with Crippen LogP contribution in [-0.2, 0) is 0 Å². The van der Waals surface area contributed by atoms with Crippen LogP contribution in [0.1, 0.15) is 60.6 Å². The van der Waals surface area contributed by atoms with Crippen molar-refractivity contribution in [3.63, 3.8) is 0 Å². The normalized spacial score (nSPS) is 20.2. The molecule has 5 nitrogen and oxygen atoms in total. The summed E-state index contributed by atoms with van der Waals surface area (Å²) in [6, 6.07) is 4.59. The summed E-state index contributed by atoms with van der Waals surface area (Å²) >= 11 is 1.03. The fourth-order valence-corrected chi connectivity index (χ4v) is 5.47. The smallest absolute Gasteiger partial charge is 0.275 e. The van der Waals surface area contributed by atoms with Gasteiger partial charge in [-0.15, -0.1) is 11.3 Å². The van der Waals surface area contributed by atoms with Crippen molar-refractivity contribution in [2.75, 3.05) is 5.32 Å². The van der Waals surface area contributed by atoms with Gasteiger partial charge in [0.25, 0.3) is 5.91 Å². The Morgan fingerprint density at radius 1 is 1.25 bits per heavy atom. The number of benzene rings is 1. The Morgan fingerprint density at radius 3 is 2.78 bits per heavy atom. The standard InChI is InChI=1S/C24H26F2N4OS/c1-13-4-5-17(25)20(21(13)26)23-30-19(12-32-23)22(31)29-18-11-28-7-6-16(18)14-8-15(27)10-24(2,3)9-14/h4-7,11-12,14-15H,8-10,27H2,1-3H3,(H,29,31). The van der Waals surface area contributed by atoms with E-state index < -0.39 is 17.5 Å². The van der Waals surface area contributed by atoms with Crippen LogP contribution in [0.5, 0.6) is 0 Å². The van der Waals surface area contributed by atoms with E-state index in [0.29, 0.717) is 11.3 Å². The number of pyridine rings is 1. The molecule has 2 aromatic heterocycles. The second-order valence-electron chi connectivity index (χ2n) is 9.27. The third kappa shape index (κ3) is 4.56. The third-order valence-electron chi connectivity index (χ3n) is 5.98. The van der Waals surface area contributed by atoms with Gasteiger partial charge < -0.3 is 11.1 Å². The number of hydrogen-bond acceptors (Lipinski definition) is 5. The van der Waals surface area contributed by atoms with Crippen LogP contribution in [0, 0.1) is 24.0 Å². The number of amides is 1. The number of aryl methyl sites for hydroxylation is 1. The molecule has 168 valence electrons. The van der Waals surface area contributed by atoms with Gasteiger partial charge in [-0.2, -0.15) is 0 Å². The van der Waals surface area contributed by atoms with Crippen LogP contribution in [0.2, 0.25) is 0 Å². The van der Waals surface area contributed by atoms with E-state index in [2.05, 4.69) is 29.1 Å². The maximum absolute atomic E-state index is 14.5. The van der Waals surface area contributed by atoms with E-state index >= 15 is 0 Å². The van der Waals surface area contributed by atoms with Crippen molar-refractivity contribution in [2.24, 2.45) is 11.1 Å². The number of nitrogens with zero attached hydrogens (tertiary/aromatic N) is 2. The highest BCUT2D eigenvalue weighted by molar-refractivity contribution is 7.13. The summed E-state index contributed by atoms with van der Waals surface area (Å²) in [5.41, 5.74) is 8.21. The SMILES string of the molecule is Cc1ccc(F)c(-c2nc(C(=O)Nc3cnccc3C3CC(N)CC(C)(C)C3)cs2)c1F. The van der Waals surface area contributed by atoms with Crippen molar-refractivity contribution in [3.05, 3.63) is 64.4 Å². The second kappa shape index (κ2) is 8.67. The molecule has 0 saturated heterocycles. The first-order valence-electron chi connectivity index (χ1n) is 10.6. The van der Waals surface area contributed by atoms with Crippen molar-refractivity contribution in [3.8, 4) is 10.6 Å². The quantitative estimate of drug-likeness (QED) is 0.530. The van der Waals surface area contributed by atoms with Crippen LogP contribution in [0.15, 0.2) is 36.0 Å². The number of anilines is 1. The zero-order valence-electron chi connectivity index (χ0n) is 18.3. The molecule has 1 aliphatic rings. The van der Waals surface area contributed by atoms with Crippen molar-refractivity contribution >= 4 is 22.9 Å². The molecule has 1 aliphatic carbocycles. The van der Waals surface area contributed by atoms with E-state index in [1.807, 2.05) is 6.07 Å². The summed E-state index contributed by atoms with van der Waals surface area (Å²) in [6.45, 7) is 5.97. The fourth-order valence-electron chi connectivity index (χ4n) is 4.63. The van der Waals surface area contributed by atoms with Gasteiger partial charge in [0.05, 0.1) is 17.4 Å². The number of nitrogens with one attached hydrogen (secondary N) is 1. The fraction of sp³-hybridized carbons (Fsp3) is 0.375. The molecule has 8 heteroatoms. The van der Waals surface area contributed by atoms with E-state index in [9.17, 15) is 13.6 Å². The molecule has 1 aromatic carbocycles. The first-order chi connectivity index (χ1) is 15.1. The van der Waals surface area contributed by atoms with E-state index in [1.165, 1.54) is 17.5 Å². The van der Waals surface area contributed by atoms with E-state index in [0.717, 1.165) is 36.2 Å². The Kier molecular flexibility index (Phi) is 6.09. The minimum absolute atomic E-state index is 0.0979. The number of hydrogen-bond donors (Lipinski definition) is 2. The summed E-state index contributed by atoms with van der Waals surface area (Å²) in [5.74, 6) is -1.62. The Hall–Kier alpha value is -2.71. The molecule has 0 spiro atoms. The lowest BCUT2D eigenvalue weighted by atomic mass is 9.68. The third-order valence-corrected chi connectivity index (χ3v) is 6.84. The number of aromatic nitrogens is 2. The van der Waals surface area contributed by atoms with Crippen molar-refractivity contribution in [2.45, 2.75) is 52.0 Å². The van der Waals surface area contributed by atoms with Crippen LogP contribution in [0.3, 0.4) is 0 Å². The lowest BCUT2D eigenvalue weighted by molar-refractivity contribution is 0.102. The Bertz CT molecular complexity index is 1160. The number of nitrogens with two attached hydrogens (primary N) is 1. The van der Waals surface area contributed by atoms with E-state index in [1.54, 1.807) is 19.3 Å². The maximum Gasteiger partial charge on any atom is 0.275 e. The Balaban J connectivity index is 1.59. The molecule has 1 amide bonds. The average molecular weight is 457 g/mol. The molecule has 3 aromatic rings. The summed E-state index contributed by atoms with van der Waals surface area (Å²) in [7, 11) is 0. The van der Waals surface area contributed by atoms with Crippen LogP contribution < -0.4 is 11.1 Å². The van der Waals surface area contributed by atoms with Gasteiger partial charge in [-0.25, -0.2) is 13.8 Å². The summed E-state index contributed by atoms with van der Waals surface area (Å²) in [5, 5.41) is 4.51. The molecule has 2 unspecified atom stereocenters. The van der Waals surface area contributed by atoms with E-state index in [-0.39, 0.29) is 33.6 Å². The molecular weight excluding hydrogens is 430 g/mol. The van der Waals surface area contributed by atoms with Gasteiger partial charge in [0.1, 0.15) is 22.3 Å². The molecule has 4 rings (SSSR count). The topological polar surface area (TPSA) is 80.9 Å². The summed E-state index contributed by atoms with van der Waals surface area (Å²) < 4.78 is 28.7. The molecule has 2 heterocycles. The molecule has 0 radical (unpaired) electrons. The van der Waals surface area contributed by atoms with Gasteiger partial charge in [-0.3, -0.25) is 9.78 Å². The van der Waals surface area contributed by atoms with Gasteiger partial charge in [0.2, 0.25) is 0 Å². The largest absolute Gasteiger partial charge is 0.328 e. The molecular formula is C24H26F2N4OS. The van der Waals surface area contributed by atoms with Gasteiger partial charge >= 0.3 is 0 Å². The monoisotopic (exact) mass is 456 g/mol. The van der Waals surface area contributed by atoms with Crippen LogP contribution in [0.4, 0.5) is 14.5 Å². The molecule has 0 aliphatic heterocycles. The molecule has 1 fully saturated rings. The first kappa shape index (κ1) is 22.5. The highest BCUT2D eigenvalue weighted by Gasteiger charge is 2.34. The zero-order valence-corrected chi connectivity index (χ0v) is 19.1. The van der Waals surface area contributed by atoms with Gasteiger partial charge in [0.15, 0.2) is 0 Å². The molecule has 1 saturated carbocycles. The number of carbonyl (C=O) groups is 1. The molecule has 0 bridgehead atoms. The molecule has 3 N–H and O–H groups in total. The van der Waals surface area contributed by atoms with Gasteiger partial charge in [-0.1, -0.05) is 19.9 Å². The van der Waals surface area contributed by atoms with E-state index in [4.69, 9.17) is 5.73 Å². The predicted molar refractivity (Wildman–Crippen MR) is 123 cm³/mol. The van der Waals surface area contributed by atoms with Crippen molar-refractivity contribution in [1.29, 1.82) is 0 Å². The lowest BCUT2D eigenvalue weighted by Gasteiger charge is -2.39. The Labute approximate surface area is 190 Å². The number of halogens is 2. The predicted octanol–water partition coefficient (Wildman–Crippen LogP) is 5.67. The van der Waals surface area contributed by atoms with Gasteiger partial charge in [-0.05, 0) is 60.8 Å². The number of rotatable bonds is 4. The summed E-state index contributed by atoms with van der Waals surface area (Å²) in [4.78, 5) is 21.3.